The van der Waals surface area contributed by atoms with Crippen molar-refractivity contribution in [2.45, 2.75) is 6.54 Å². The first-order chi connectivity index (χ1) is 11.1. The summed E-state index contributed by atoms with van der Waals surface area (Å²) in [5.74, 6) is 1.07. The number of nitrogens with one attached hydrogen (secondary N) is 2. The third kappa shape index (κ3) is 3.84. The van der Waals surface area contributed by atoms with Gasteiger partial charge in [-0.1, -0.05) is 0 Å². The fourth-order valence-corrected chi connectivity index (χ4v) is 2.66. The van der Waals surface area contributed by atoms with Crippen molar-refractivity contribution in [3.63, 3.8) is 0 Å². The highest BCUT2D eigenvalue weighted by molar-refractivity contribution is 7.13. The van der Waals surface area contributed by atoms with Gasteiger partial charge in [-0.3, -0.25) is 4.79 Å². The first-order valence-electron chi connectivity index (χ1n) is 6.83. The van der Waals surface area contributed by atoms with Gasteiger partial charge in [-0.15, -0.1) is 11.3 Å². The van der Waals surface area contributed by atoms with E-state index in [0.717, 1.165) is 10.8 Å². The monoisotopic (exact) mass is 337 g/mol. The minimum absolute atomic E-state index is 0.247. The second kappa shape index (κ2) is 7.68. The molecule has 0 aliphatic carbocycles. The highest BCUT2D eigenvalue weighted by Gasteiger charge is 2.17. The second-order valence-corrected chi connectivity index (χ2v) is 5.35. The van der Waals surface area contributed by atoms with Crippen molar-refractivity contribution < 1.29 is 19.0 Å². The lowest BCUT2D eigenvalue weighted by molar-refractivity contribution is 0.0949. The Morgan fingerprint density at radius 1 is 1.17 bits per heavy atom. The SMILES string of the molecule is CNc1nc(CNC(=O)c2cc(OC)c(OC)c(OC)c2)cs1. The molecule has 0 saturated heterocycles. The van der Waals surface area contributed by atoms with E-state index in [1.54, 1.807) is 19.2 Å². The molecular weight excluding hydrogens is 318 g/mol. The topological polar surface area (TPSA) is 81.7 Å². The quantitative estimate of drug-likeness (QED) is 0.806. The van der Waals surface area contributed by atoms with E-state index in [4.69, 9.17) is 14.2 Å². The van der Waals surface area contributed by atoms with E-state index in [1.807, 2.05) is 5.38 Å². The summed E-state index contributed by atoms with van der Waals surface area (Å²) in [6, 6.07) is 3.22. The first kappa shape index (κ1) is 16.9. The van der Waals surface area contributed by atoms with Gasteiger partial charge in [-0.05, 0) is 12.1 Å². The van der Waals surface area contributed by atoms with Crippen molar-refractivity contribution in [1.29, 1.82) is 0 Å². The predicted molar refractivity (Wildman–Crippen MR) is 88.9 cm³/mol. The van der Waals surface area contributed by atoms with Crippen LogP contribution >= 0.6 is 11.3 Å². The summed E-state index contributed by atoms with van der Waals surface area (Å²) < 4.78 is 15.7. The number of amides is 1. The van der Waals surface area contributed by atoms with Crippen molar-refractivity contribution in [1.82, 2.24) is 10.3 Å². The number of aromatic nitrogens is 1. The van der Waals surface area contributed by atoms with Crippen LogP contribution in [0.3, 0.4) is 0 Å². The van der Waals surface area contributed by atoms with Crippen molar-refractivity contribution >= 4 is 22.4 Å². The average molecular weight is 337 g/mol. The number of rotatable bonds is 7. The lowest BCUT2D eigenvalue weighted by Gasteiger charge is -2.13. The molecule has 1 heterocycles. The van der Waals surface area contributed by atoms with Gasteiger partial charge in [-0.25, -0.2) is 4.98 Å². The van der Waals surface area contributed by atoms with Crippen LogP contribution in [0.25, 0.3) is 0 Å². The van der Waals surface area contributed by atoms with Gasteiger partial charge in [0.15, 0.2) is 16.6 Å². The molecular formula is C15H19N3O4S. The zero-order valence-electron chi connectivity index (χ0n) is 13.4. The molecule has 2 aromatic rings. The van der Waals surface area contributed by atoms with Crippen LogP contribution in [0.4, 0.5) is 5.13 Å². The highest BCUT2D eigenvalue weighted by atomic mass is 32.1. The molecule has 7 nitrogen and oxygen atoms in total. The Morgan fingerprint density at radius 3 is 2.30 bits per heavy atom. The molecule has 0 spiro atoms. The summed E-state index contributed by atoms with van der Waals surface area (Å²) in [7, 11) is 6.33. The molecule has 0 saturated carbocycles. The molecule has 0 atom stereocenters. The summed E-state index contributed by atoms with van der Waals surface area (Å²) >= 11 is 1.48. The Hall–Kier alpha value is -2.48. The molecule has 2 rings (SSSR count). The van der Waals surface area contributed by atoms with Crippen molar-refractivity contribution in [3.8, 4) is 17.2 Å². The largest absolute Gasteiger partial charge is 0.493 e. The van der Waals surface area contributed by atoms with Gasteiger partial charge in [0.25, 0.3) is 5.91 Å². The smallest absolute Gasteiger partial charge is 0.251 e. The summed E-state index contributed by atoms with van der Waals surface area (Å²) in [6.45, 7) is 0.341. The minimum atomic E-state index is -0.247. The van der Waals surface area contributed by atoms with Crippen LogP contribution in [0, 0.1) is 0 Å². The van der Waals surface area contributed by atoms with Gasteiger partial charge in [-0.2, -0.15) is 0 Å². The maximum Gasteiger partial charge on any atom is 0.251 e. The number of hydrogen-bond donors (Lipinski definition) is 2. The van der Waals surface area contributed by atoms with Crippen LogP contribution in [-0.2, 0) is 6.54 Å². The molecule has 1 aromatic carbocycles. The Bertz CT molecular complexity index is 662. The summed E-state index contributed by atoms with van der Waals surface area (Å²) in [4.78, 5) is 16.6. The number of ether oxygens (including phenoxy) is 3. The van der Waals surface area contributed by atoms with Gasteiger partial charge in [0.2, 0.25) is 5.75 Å². The molecule has 0 fully saturated rings. The van der Waals surface area contributed by atoms with E-state index in [9.17, 15) is 4.79 Å². The molecule has 2 N–H and O–H groups in total. The van der Waals surface area contributed by atoms with E-state index in [-0.39, 0.29) is 5.91 Å². The van der Waals surface area contributed by atoms with Crippen LogP contribution < -0.4 is 24.8 Å². The molecule has 0 aliphatic heterocycles. The number of thiazole rings is 1. The number of methoxy groups -OCH3 is 3. The maximum atomic E-state index is 12.3. The van der Waals surface area contributed by atoms with Crippen LogP contribution in [0.2, 0.25) is 0 Å². The number of anilines is 1. The Kier molecular flexibility index (Phi) is 5.64. The van der Waals surface area contributed by atoms with Crippen LogP contribution in [0.15, 0.2) is 17.5 Å². The average Bonchev–Trinajstić information content (AvgIpc) is 3.06. The van der Waals surface area contributed by atoms with E-state index in [2.05, 4.69) is 15.6 Å². The Balaban J connectivity index is 2.15. The van der Waals surface area contributed by atoms with E-state index >= 15 is 0 Å². The minimum Gasteiger partial charge on any atom is -0.493 e. The molecule has 8 heteroatoms. The molecule has 1 amide bonds. The zero-order chi connectivity index (χ0) is 16.8. The molecule has 124 valence electrons. The van der Waals surface area contributed by atoms with Crippen LogP contribution in [-0.4, -0.2) is 39.3 Å². The highest BCUT2D eigenvalue weighted by Crippen LogP contribution is 2.38. The molecule has 23 heavy (non-hydrogen) atoms. The predicted octanol–water partition coefficient (Wildman–Crippen LogP) is 2.14. The van der Waals surface area contributed by atoms with E-state index in [1.165, 1.54) is 32.7 Å². The van der Waals surface area contributed by atoms with Gasteiger partial charge in [0, 0.05) is 18.0 Å². The molecule has 0 radical (unpaired) electrons. The number of nitrogens with zero attached hydrogens (tertiary/aromatic N) is 1. The van der Waals surface area contributed by atoms with Crippen LogP contribution in [0.5, 0.6) is 17.2 Å². The standard InChI is InChI=1S/C15H19N3O4S/c1-16-15-18-10(8-23-15)7-17-14(19)9-5-11(20-2)13(22-4)12(6-9)21-3/h5-6,8H,7H2,1-4H3,(H,16,18)(H,17,19). The normalized spacial score (nSPS) is 10.1. The first-order valence-corrected chi connectivity index (χ1v) is 7.71. The number of carbonyl (C=O) groups excluding carboxylic acids is 1. The van der Waals surface area contributed by atoms with Crippen LogP contribution in [0.1, 0.15) is 16.1 Å². The third-order valence-electron chi connectivity index (χ3n) is 3.12. The number of hydrogen-bond acceptors (Lipinski definition) is 7. The molecule has 0 unspecified atom stereocenters. The summed E-state index contributed by atoms with van der Waals surface area (Å²) in [5, 5.41) is 8.47. The van der Waals surface area contributed by atoms with Crippen molar-refractivity contribution in [2.24, 2.45) is 0 Å². The Labute approximate surface area is 138 Å². The lowest BCUT2D eigenvalue weighted by Crippen LogP contribution is -2.23. The Morgan fingerprint density at radius 2 is 1.83 bits per heavy atom. The zero-order valence-corrected chi connectivity index (χ0v) is 14.2. The summed E-state index contributed by atoms with van der Waals surface area (Å²) in [6.07, 6.45) is 0. The van der Waals surface area contributed by atoms with Gasteiger partial charge in [0.1, 0.15) is 0 Å². The molecule has 0 bridgehead atoms. The fourth-order valence-electron chi connectivity index (χ4n) is 1.99. The van der Waals surface area contributed by atoms with E-state index in [0.29, 0.717) is 29.4 Å². The van der Waals surface area contributed by atoms with Crippen molar-refractivity contribution in [2.75, 3.05) is 33.7 Å². The number of benzene rings is 1. The molecule has 1 aromatic heterocycles. The van der Waals surface area contributed by atoms with Gasteiger partial charge >= 0.3 is 0 Å². The van der Waals surface area contributed by atoms with E-state index < -0.39 is 0 Å². The number of carbonyl (C=O) groups is 1. The summed E-state index contributed by atoms with van der Waals surface area (Å²) in [5.41, 5.74) is 1.21. The fraction of sp³-hybridized carbons (Fsp3) is 0.333. The maximum absolute atomic E-state index is 12.3. The molecule has 0 aliphatic rings. The van der Waals surface area contributed by atoms with Crippen molar-refractivity contribution in [3.05, 3.63) is 28.8 Å². The van der Waals surface area contributed by atoms with Gasteiger partial charge in [0.05, 0.1) is 33.6 Å². The van der Waals surface area contributed by atoms with Gasteiger partial charge < -0.3 is 24.8 Å². The third-order valence-corrected chi connectivity index (χ3v) is 4.03. The second-order valence-electron chi connectivity index (χ2n) is 4.49. The lowest BCUT2D eigenvalue weighted by atomic mass is 10.1.